The number of benzene rings is 4. The largest absolute Gasteiger partial charge is 2.00 e. The van der Waals surface area contributed by atoms with E-state index in [1.54, 1.807) is 6.20 Å². The summed E-state index contributed by atoms with van der Waals surface area (Å²) in [5.74, 6) is 1.54. The van der Waals surface area contributed by atoms with Crippen molar-refractivity contribution in [3.05, 3.63) is 157 Å². The van der Waals surface area contributed by atoms with E-state index in [4.69, 9.17) is 0 Å². The number of aryl methyl sites for hydroxylation is 1. The average molecular weight is 814 g/mol. The van der Waals surface area contributed by atoms with Crippen LogP contribution in [-0.2, 0) is 33.0 Å². The maximum Gasteiger partial charge on any atom is 2.00 e. The molecule has 8 nitrogen and oxygen atoms in total. The molecule has 9 heteroatoms. The van der Waals surface area contributed by atoms with Crippen molar-refractivity contribution in [3.63, 3.8) is 0 Å². The second-order valence-electron chi connectivity index (χ2n) is 12.3. The Kier molecular flexibility index (Phi) is 11.1. The second-order valence-corrected chi connectivity index (χ2v) is 12.3. The van der Waals surface area contributed by atoms with Crippen molar-refractivity contribution in [2.45, 2.75) is 39.7 Å². The van der Waals surface area contributed by atoms with Gasteiger partial charge in [0.15, 0.2) is 5.82 Å². The predicted octanol–water partition coefficient (Wildman–Crippen LogP) is 8.93. The monoisotopic (exact) mass is 813 g/mol. The van der Waals surface area contributed by atoms with Crippen LogP contribution < -0.4 is 4.90 Å². The minimum absolute atomic E-state index is 0. The van der Waals surface area contributed by atoms with Crippen LogP contribution in [0.3, 0.4) is 0 Å². The SMILES string of the molecule is Cc1ccnc(-c2n[nH]c(C(C)(C)C)n2)c1.[Pt+2].c1ccc(Cn2cc(-c3ccc(N(c4ccccc4)c4ccccc4)cc3)nn2)cc1. The van der Waals surface area contributed by atoms with Crippen molar-refractivity contribution in [2.24, 2.45) is 0 Å². The number of pyridine rings is 1. The third kappa shape index (κ3) is 8.58. The number of hydrogen-bond acceptors (Lipinski definition) is 6. The van der Waals surface area contributed by atoms with Gasteiger partial charge in [0.25, 0.3) is 0 Å². The van der Waals surface area contributed by atoms with Gasteiger partial charge in [-0.3, -0.25) is 10.1 Å². The Labute approximate surface area is 296 Å². The van der Waals surface area contributed by atoms with Crippen LogP contribution in [0.5, 0.6) is 0 Å². The second kappa shape index (κ2) is 15.6. The van der Waals surface area contributed by atoms with E-state index < -0.39 is 0 Å². The maximum atomic E-state index is 4.46. The van der Waals surface area contributed by atoms with Gasteiger partial charge in [-0.05, 0) is 66.6 Å². The molecule has 0 fully saturated rings. The molecule has 0 saturated heterocycles. The van der Waals surface area contributed by atoms with Gasteiger partial charge in [-0.15, -0.1) is 5.10 Å². The van der Waals surface area contributed by atoms with Gasteiger partial charge in [0.05, 0.1) is 12.7 Å². The summed E-state index contributed by atoms with van der Waals surface area (Å²) < 4.78 is 1.87. The molecule has 0 spiro atoms. The van der Waals surface area contributed by atoms with Crippen molar-refractivity contribution in [1.82, 2.24) is 35.2 Å². The minimum Gasteiger partial charge on any atom is -0.311 e. The Bertz CT molecular complexity index is 1960. The molecule has 7 rings (SSSR count). The van der Waals surface area contributed by atoms with Crippen LogP contribution >= 0.6 is 0 Å². The third-order valence-electron chi connectivity index (χ3n) is 7.52. The molecule has 0 atom stereocenters. The van der Waals surface area contributed by atoms with Crippen molar-refractivity contribution in [1.29, 1.82) is 0 Å². The van der Waals surface area contributed by atoms with E-state index in [0.717, 1.165) is 45.4 Å². The van der Waals surface area contributed by atoms with E-state index >= 15 is 0 Å². The Hall–Kier alpha value is -5.20. The summed E-state index contributed by atoms with van der Waals surface area (Å²) >= 11 is 0. The van der Waals surface area contributed by atoms with Crippen LogP contribution in [0.1, 0.15) is 37.7 Å². The molecule has 0 radical (unpaired) electrons. The van der Waals surface area contributed by atoms with Gasteiger partial charge < -0.3 is 4.90 Å². The van der Waals surface area contributed by atoms with E-state index in [1.807, 2.05) is 60.3 Å². The van der Waals surface area contributed by atoms with Gasteiger partial charge in [-0.2, -0.15) is 5.10 Å². The van der Waals surface area contributed by atoms with Gasteiger partial charge in [0.2, 0.25) is 0 Å². The number of aromatic nitrogens is 7. The van der Waals surface area contributed by atoms with Crippen molar-refractivity contribution in [3.8, 4) is 22.8 Å². The molecular weight excluding hydrogens is 776 g/mol. The zero-order chi connectivity index (χ0) is 32.6. The van der Waals surface area contributed by atoms with Crippen LogP contribution in [-0.4, -0.2) is 35.2 Å². The van der Waals surface area contributed by atoms with E-state index in [-0.39, 0.29) is 26.5 Å². The number of para-hydroxylation sites is 2. The normalized spacial score (nSPS) is 10.8. The molecule has 0 aliphatic rings. The zero-order valence-corrected chi connectivity index (χ0v) is 29.7. The summed E-state index contributed by atoms with van der Waals surface area (Å²) in [6.45, 7) is 9.03. The zero-order valence-electron chi connectivity index (χ0n) is 27.4. The molecule has 0 aliphatic heterocycles. The van der Waals surface area contributed by atoms with Crippen LogP contribution in [0, 0.1) is 6.92 Å². The fourth-order valence-electron chi connectivity index (χ4n) is 5.03. The molecule has 3 heterocycles. The minimum atomic E-state index is -0.0188. The number of aromatic amines is 1. The maximum absolute atomic E-state index is 4.46. The van der Waals surface area contributed by atoms with Crippen LogP contribution in [0.15, 0.2) is 140 Å². The number of hydrogen-bond donors (Lipinski definition) is 1. The van der Waals surface area contributed by atoms with Crippen LogP contribution in [0.2, 0.25) is 0 Å². The molecule has 4 aromatic carbocycles. The molecule has 7 aromatic rings. The first-order valence-corrected chi connectivity index (χ1v) is 15.6. The smallest absolute Gasteiger partial charge is 0.311 e. The summed E-state index contributed by atoms with van der Waals surface area (Å²) in [4.78, 5) is 11.0. The molecule has 0 bridgehead atoms. The molecule has 0 saturated carbocycles. The summed E-state index contributed by atoms with van der Waals surface area (Å²) in [5, 5.41) is 15.8. The first kappa shape index (κ1) is 34.1. The number of rotatable bonds is 7. The number of nitrogens with zero attached hydrogens (tertiary/aromatic N) is 7. The van der Waals surface area contributed by atoms with Crippen molar-refractivity contribution in [2.75, 3.05) is 4.90 Å². The quantitative estimate of drug-likeness (QED) is 0.173. The molecule has 0 unspecified atom stereocenters. The Morgan fingerprint density at radius 1 is 0.708 bits per heavy atom. The van der Waals surface area contributed by atoms with E-state index in [9.17, 15) is 0 Å². The molecule has 3 aromatic heterocycles. The number of anilines is 3. The van der Waals surface area contributed by atoms with Crippen LogP contribution in [0.25, 0.3) is 22.8 Å². The predicted molar refractivity (Wildman–Crippen MR) is 189 cm³/mol. The van der Waals surface area contributed by atoms with Crippen molar-refractivity contribution < 1.29 is 21.1 Å². The summed E-state index contributed by atoms with van der Waals surface area (Å²) in [6, 6.07) is 43.5. The van der Waals surface area contributed by atoms with Gasteiger partial charge in [-0.1, -0.05) is 105 Å². The standard InChI is InChI=1S/C27H22N4.C12H16N4.Pt/c1-4-10-22(11-5-1)20-30-21-27(28-29-30)23-16-18-26(19-17-23)31(24-12-6-2-7-13-24)25-14-8-3-9-15-25;1-8-5-6-13-9(7-8)10-14-11(16-15-10)12(2,3)4;/h1-19,21H,20H2;5-7H,1-4H3,(H,14,15,16);/q;;+2. The molecule has 1 N–H and O–H groups in total. The Morgan fingerprint density at radius 2 is 1.29 bits per heavy atom. The number of H-pyrrole nitrogens is 1. The Balaban J connectivity index is 0.000000224. The summed E-state index contributed by atoms with van der Waals surface area (Å²) in [6.07, 6.45) is 3.77. The first-order chi connectivity index (χ1) is 22.8. The van der Waals surface area contributed by atoms with Gasteiger partial charge in [-0.25, -0.2) is 9.67 Å². The molecular formula is C39H38N8Pt+2. The molecule has 0 amide bonds. The Morgan fingerprint density at radius 3 is 1.85 bits per heavy atom. The van der Waals surface area contributed by atoms with Crippen molar-refractivity contribution >= 4 is 17.1 Å². The van der Waals surface area contributed by atoms with Gasteiger partial charge >= 0.3 is 21.1 Å². The van der Waals surface area contributed by atoms with Gasteiger partial charge in [0.1, 0.15) is 17.2 Å². The average Bonchev–Trinajstić information content (AvgIpc) is 3.78. The fraction of sp³-hybridized carbons (Fsp3) is 0.154. The van der Waals surface area contributed by atoms with E-state index in [0.29, 0.717) is 12.4 Å². The van der Waals surface area contributed by atoms with E-state index in [2.05, 4.69) is 141 Å². The van der Waals surface area contributed by atoms with E-state index in [1.165, 1.54) is 5.56 Å². The van der Waals surface area contributed by atoms with Crippen LogP contribution in [0.4, 0.5) is 17.1 Å². The molecule has 0 aliphatic carbocycles. The fourth-order valence-corrected chi connectivity index (χ4v) is 5.03. The van der Waals surface area contributed by atoms with Gasteiger partial charge in [0, 0.05) is 34.2 Å². The summed E-state index contributed by atoms with van der Waals surface area (Å²) in [5.41, 5.74) is 8.41. The molecule has 242 valence electrons. The molecule has 48 heavy (non-hydrogen) atoms. The topological polar surface area (TPSA) is 88.4 Å². The first-order valence-electron chi connectivity index (χ1n) is 15.6. The summed E-state index contributed by atoms with van der Waals surface area (Å²) in [7, 11) is 0. The number of nitrogens with one attached hydrogen (secondary N) is 1. The third-order valence-corrected chi connectivity index (χ3v) is 7.52.